The summed E-state index contributed by atoms with van der Waals surface area (Å²) in [5.41, 5.74) is 8.43. The van der Waals surface area contributed by atoms with Gasteiger partial charge in [-0.25, -0.2) is 0 Å². The zero-order valence-electron chi connectivity index (χ0n) is 9.41. The third-order valence-corrected chi connectivity index (χ3v) is 3.01. The molecule has 0 saturated heterocycles. The van der Waals surface area contributed by atoms with E-state index in [1.165, 1.54) is 0 Å². The van der Waals surface area contributed by atoms with Crippen LogP contribution in [0.15, 0.2) is 46.9 Å². The molecule has 3 nitrogen and oxygen atoms in total. The number of hydrogen-bond acceptors (Lipinski definition) is 3. The lowest BCUT2D eigenvalue weighted by Gasteiger charge is -2.10. The van der Waals surface area contributed by atoms with E-state index in [1.807, 2.05) is 42.5 Å². The van der Waals surface area contributed by atoms with Crippen molar-refractivity contribution >= 4 is 33.0 Å². The van der Waals surface area contributed by atoms with Crippen LogP contribution < -0.4 is 15.8 Å². The molecule has 3 N–H and O–H groups in total. The molecule has 17 heavy (non-hydrogen) atoms. The number of nitrogens with two attached hydrogens (primary N) is 1. The van der Waals surface area contributed by atoms with Crippen molar-refractivity contribution in [2.75, 3.05) is 18.2 Å². The van der Waals surface area contributed by atoms with Gasteiger partial charge < -0.3 is 15.8 Å². The predicted molar refractivity (Wildman–Crippen MR) is 74.8 cm³/mol. The van der Waals surface area contributed by atoms with E-state index in [2.05, 4.69) is 21.2 Å². The summed E-state index contributed by atoms with van der Waals surface area (Å²) in [5, 5.41) is 3.25. The smallest absolute Gasteiger partial charge is 0.133 e. The predicted octanol–water partition coefficient (Wildman–Crippen LogP) is 3.78. The molecule has 88 valence electrons. The Kier molecular flexibility index (Phi) is 3.54. The number of rotatable bonds is 3. The first-order valence-corrected chi connectivity index (χ1v) is 5.95. The lowest BCUT2D eigenvalue weighted by atomic mass is 10.2. The molecular weight excluding hydrogens is 280 g/mol. The SMILES string of the molecule is COc1ccc(Nc2ccccc2N)cc1Br. The quantitative estimate of drug-likeness (QED) is 0.847. The molecule has 0 saturated carbocycles. The van der Waals surface area contributed by atoms with Crippen molar-refractivity contribution in [3.05, 3.63) is 46.9 Å². The molecule has 2 rings (SSSR count). The summed E-state index contributed by atoms with van der Waals surface area (Å²) < 4.78 is 6.08. The second-order valence-electron chi connectivity index (χ2n) is 3.56. The number of methoxy groups -OCH3 is 1. The van der Waals surface area contributed by atoms with E-state index in [9.17, 15) is 0 Å². The van der Waals surface area contributed by atoms with Crippen LogP contribution >= 0.6 is 15.9 Å². The summed E-state index contributed by atoms with van der Waals surface area (Å²) in [6.45, 7) is 0. The molecule has 0 aliphatic carbocycles. The summed E-state index contributed by atoms with van der Waals surface area (Å²) in [6.07, 6.45) is 0. The molecule has 2 aromatic carbocycles. The first kappa shape index (κ1) is 11.8. The second kappa shape index (κ2) is 5.10. The fraction of sp³-hybridized carbons (Fsp3) is 0.0769. The van der Waals surface area contributed by atoms with Gasteiger partial charge in [-0.05, 0) is 46.3 Å². The molecule has 0 spiro atoms. The maximum absolute atomic E-state index is 5.86. The molecule has 0 aliphatic heterocycles. The Morgan fingerprint density at radius 1 is 1.18 bits per heavy atom. The average molecular weight is 293 g/mol. The Balaban J connectivity index is 2.25. The van der Waals surface area contributed by atoms with Crippen LogP contribution in [0.5, 0.6) is 5.75 Å². The van der Waals surface area contributed by atoms with Gasteiger partial charge in [-0.1, -0.05) is 12.1 Å². The topological polar surface area (TPSA) is 47.3 Å². The van der Waals surface area contributed by atoms with E-state index in [0.29, 0.717) is 0 Å². The summed E-state index contributed by atoms with van der Waals surface area (Å²) in [4.78, 5) is 0. The highest BCUT2D eigenvalue weighted by molar-refractivity contribution is 9.10. The minimum Gasteiger partial charge on any atom is -0.496 e. The van der Waals surface area contributed by atoms with Gasteiger partial charge in [-0.3, -0.25) is 0 Å². The van der Waals surface area contributed by atoms with Crippen LogP contribution in [0.25, 0.3) is 0 Å². The first-order chi connectivity index (χ1) is 8.20. The van der Waals surface area contributed by atoms with Gasteiger partial charge in [0.2, 0.25) is 0 Å². The van der Waals surface area contributed by atoms with Crippen molar-refractivity contribution in [2.45, 2.75) is 0 Å². The molecule has 0 heterocycles. The fourth-order valence-corrected chi connectivity index (χ4v) is 2.05. The molecular formula is C13H13BrN2O. The molecule has 0 unspecified atom stereocenters. The second-order valence-corrected chi connectivity index (χ2v) is 4.42. The Bertz CT molecular complexity index is 529. The number of anilines is 3. The maximum Gasteiger partial charge on any atom is 0.133 e. The highest BCUT2D eigenvalue weighted by Crippen LogP contribution is 2.30. The first-order valence-electron chi connectivity index (χ1n) is 5.16. The Labute approximate surface area is 109 Å². The van der Waals surface area contributed by atoms with Crippen LogP contribution in [0, 0.1) is 0 Å². The highest BCUT2D eigenvalue weighted by Gasteiger charge is 2.02. The van der Waals surface area contributed by atoms with Crippen molar-refractivity contribution in [2.24, 2.45) is 0 Å². The van der Waals surface area contributed by atoms with Gasteiger partial charge in [-0.15, -0.1) is 0 Å². The summed E-state index contributed by atoms with van der Waals surface area (Å²) >= 11 is 3.44. The van der Waals surface area contributed by atoms with E-state index >= 15 is 0 Å². The van der Waals surface area contributed by atoms with E-state index in [0.717, 1.165) is 27.3 Å². The minimum absolute atomic E-state index is 0.722. The van der Waals surface area contributed by atoms with Crippen LogP contribution in [0.1, 0.15) is 0 Å². The molecule has 2 aromatic rings. The van der Waals surface area contributed by atoms with Crippen molar-refractivity contribution < 1.29 is 4.74 Å². The van der Waals surface area contributed by atoms with E-state index in [4.69, 9.17) is 10.5 Å². The van der Waals surface area contributed by atoms with Gasteiger partial charge in [-0.2, -0.15) is 0 Å². The third kappa shape index (κ3) is 2.71. The number of halogens is 1. The van der Waals surface area contributed by atoms with Gasteiger partial charge in [0.05, 0.1) is 23.0 Å². The van der Waals surface area contributed by atoms with E-state index in [1.54, 1.807) is 7.11 Å². The summed E-state index contributed by atoms with van der Waals surface area (Å²) in [7, 11) is 1.64. The van der Waals surface area contributed by atoms with Crippen LogP contribution in [0.2, 0.25) is 0 Å². The molecule has 0 amide bonds. The molecule has 4 heteroatoms. The zero-order chi connectivity index (χ0) is 12.3. The molecule has 0 aliphatic rings. The van der Waals surface area contributed by atoms with Crippen molar-refractivity contribution in [1.82, 2.24) is 0 Å². The monoisotopic (exact) mass is 292 g/mol. The van der Waals surface area contributed by atoms with Gasteiger partial charge in [0.25, 0.3) is 0 Å². The number of nitrogen functional groups attached to an aromatic ring is 1. The fourth-order valence-electron chi connectivity index (χ4n) is 1.51. The number of para-hydroxylation sites is 2. The average Bonchev–Trinajstić information content (AvgIpc) is 2.32. The van der Waals surface area contributed by atoms with Gasteiger partial charge in [0.1, 0.15) is 5.75 Å². The minimum atomic E-state index is 0.722. The molecule has 0 aromatic heterocycles. The van der Waals surface area contributed by atoms with Crippen molar-refractivity contribution in [1.29, 1.82) is 0 Å². The number of hydrogen-bond donors (Lipinski definition) is 2. The van der Waals surface area contributed by atoms with Crippen molar-refractivity contribution in [3.63, 3.8) is 0 Å². The maximum atomic E-state index is 5.86. The lowest BCUT2D eigenvalue weighted by molar-refractivity contribution is 0.412. The number of ether oxygens (including phenoxy) is 1. The van der Waals surface area contributed by atoms with Crippen LogP contribution in [-0.4, -0.2) is 7.11 Å². The van der Waals surface area contributed by atoms with Crippen LogP contribution in [-0.2, 0) is 0 Å². The van der Waals surface area contributed by atoms with Crippen LogP contribution in [0.4, 0.5) is 17.1 Å². The molecule has 0 bridgehead atoms. The third-order valence-electron chi connectivity index (χ3n) is 2.39. The molecule has 0 fully saturated rings. The van der Waals surface area contributed by atoms with Gasteiger partial charge >= 0.3 is 0 Å². The molecule has 0 atom stereocenters. The summed E-state index contributed by atoms with van der Waals surface area (Å²) in [6, 6.07) is 13.4. The van der Waals surface area contributed by atoms with Crippen LogP contribution in [0.3, 0.4) is 0 Å². The van der Waals surface area contributed by atoms with E-state index < -0.39 is 0 Å². The van der Waals surface area contributed by atoms with E-state index in [-0.39, 0.29) is 0 Å². The Morgan fingerprint density at radius 3 is 2.59 bits per heavy atom. The van der Waals surface area contributed by atoms with Gasteiger partial charge in [0.15, 0.2) is 0 Å². The number of benzene rings is 2. The lowest BCUT2D eigenvalue weighted by Crippen LogP contribution is -1.96. The number of nitrogens with one attached hydrogen (secondary N) is 1. The van der Waals surface area contributed by atoms with Gasteiger partial charge in [0, 0.05) is 5.69 Å². The Morgan fingerprint density at radius 2 is 1.94 bits per heavy atom. The normalized spacial score (nSPS) is 10.0. The highest BCUT2D eigenvalue weighted by atomic mass is 79.9. The molecule has 0 radical (unpaired) electrons. The van der Waals surface area contributed by atoms with Crippen molar-refractivity contribution in [3.8, 4) is 5.75 Å². The Hall–Kier alpha value is -1.68. The zero-order valence-corrected chi connectivity index (χ0v) is 11.0. The summed E-state index contributed by atoms with van der Waals surface area (Å²) in [5.74, 6) is 0.802. The largest absolute Gasteiger partial charge is 0.496 e. The standard InChI is InChI=1S/C13H13BrN2O/c1-17-13-7-6-9(8-10(13)14)16-12-5-3-2-4-11(12)15/h2-8,16H,15H2,1H3.